The molecule has 1 saturated heterocycles. The van der Waals surface area contributed by atoms with Crippen LogP contribution in [0.1, 0.15) is 50.6 Å². The Kier molecular flexibility index (Phi) is 4.86. The minimum Gasteiger partial charge on any atom is -0.338 e. The Balaban J connectivity index is 1.52. The lowest BCUT2D eigenvalue weighted by atomic mass is 10.1. The molecule has 0 spiro atoms. The van der Waals surface area contributed by atoms with Crippen LogP contribution in [-0.2, 0) is 11.3 Å². The average molecular weight is 287 g/mol. The van der Waals surface area contributed by atoms with E-state index in [9.17, 15) is 4.79 Å². The molecule has 1 atom stereocenters. The molecular formula is C17H25N3O. The summed E-state index contributed by atoms with van der Waals surface area (Å²) in [5.41, 5.74) is 1.04. The number of rotatable bonds is 4. The summed E-state index contributed by atoms with van der Waals surface area (Å²) < 4.78 is 0. The van der Waals surface area contributed by atoms with Crippen LogP contribution in [0.15, 0.2) is 24.4 Å². The predicted octanol–water partition coefficient (Wildman–Crippen LogP) is 2.49. The van der Waals surface area contributed by atoms with Gasteiger partial charge in [-0.25, -0.2) is 0 Å². The minimum absolute atomic E-state index is 0.280. The van der Waals surface area contributed by atoms with E-state index in [0.29, 0.717) is 18.4 Å². The molecule has 1 amide bonds. The van der Waals surface area contributed by atoms with Crippen LogP contribution in [0.3, 0.4) is 0 Å². The van der Waals surface area contributed by atoms with Crippen LogP contribution in [0.25, 0.3) is 0 Å². The number of hydrogen-bond donors (Lipinski definition) is 1. The summed E-state index contributed by atoms with van der Waals surface area (Å²) in [7, 11) is 0. The highest BCUT2D eigenvalue weighted by Gasteiger charge is 2.34. The fourth-order valence-corrected chi connectivity index (χ4v) is 3.54. The average Bonchev–Trinajstić information content (AvgIpc) is 2.73. The molecule has 2 aliphatic rings. The Labute approximate surface area is 126 Å². The van der Waals surface area contributed by atoms with E-state index in [1.54, 1.807) is 0 Å². The van der Waals surface area contributed by atoms with Crippen molar-refractivity contribution in [3.05, 3.63) is 30.1 Å². The van der Waals surface area contributed by atoms with E-state index in [-0.39, 0.29) is 6.04 Å². The number of carbonyl (C=O) groups is 1. The molecular weight excluding hydrogens is 262 g/mol. The molecule has 4 nitrogen and oxygen atoms in total. The first-order valence-electron chi connectivity index (χ1n) is 8.25. The van der Waals surface area contributed by atoms with Crippen LogP contribution >= 0.6 is 0 Å². The summed E-state index contributed by atoms with van der Waals surface area (Å²) >= 11 is 0. The van der Waals surface area contributed by atoms with E-state index in [1.165, 1.54) is 38.5 Å². The molecule has 1 aromatic heterocycles. The van der Waals surface area contributed by atoms with Gasteiger partial charge in [0.25, 0.3) is 0 Å². The van der Waals surface area contributed by atoms with Crippen molar-refractivity contribution >= 4 is 5.91 Å². The maximum atomic E-state index is 12.3. The number of hydrogen-bond acceptors (Lipinski definition) is 3. The summed E-state index contributed by atoms with van der Waals surface area (Å²) in [6, 6.07) is 6.72. The van der Waals surface area contributed by atoms with Crippen molar-refractivity contribution in [1.82, 2.24) is 15.2 Å². The van der Waals surface area contributed by atoms with E-state index in [0.717, 1.165) is 18.8 Å². The zero-order valence-electron chi connectivity index (χ0n) is 12.6. The van der Waals surface area contributed by atoms with Crippen LogP contribution in [0, 0.1) is 0 Å². The molecule has 0 bridgehead atoms. The standard InChI is InChI=1S/C17H25N3O/c21-17-11-15(19-12-14-7-5-6-10-18-14)13-20(17)16-8-3-1-2-4-9-16/h5-7,10,15-16,19H,1-4,8-9,11-13H2. The smallest absolute Gasteiger partial charge is 0.224 e. The monoisotopic (exact) mass is 287 g/mol. The Hall–Kier alpha value is -1.42. The summed E-state index contributed by atoms with van der Waals surface area (Å²) in [6.45, 7) is 1.62. The van der Waals surface area contributed by atoms with Gasteiger partial charge in [-0.15, -0.1) is 0 Å². The molecule has 1 aliphatic carbocycles. The Morgan fingerprint density at radius 1 is 1.19 bits per heavy atom. The third-order valence-corrected chi connectivity index (χ3v) is 4.72. The summed E-state index contributed by atoms with van der Waals surface area (Å²) in [6.07, 6.45) is 10.1. The lowest BCUT2D eigenvalue weighted by Crippen LogP contribution is -2.38. The van der Waals surface area contributed by atoms with E-state index in [2.05, 4.69) is 15.2 Å². The van der Waals surface area contributed by atoms with E-state index in [4.69, 9.17) is 0 Å². The van der Waals surface area contributed by atoms with E-state index >= 15 is 0 Å². The molecule has 1 aromatic rings. The number of nitrogens with one attached hydrogen (secondary N) is 1. The highest BCUT2D eigenvalue weighted by molar-refractivity contribution is 5.79. The Bertz CT molecular complexity index is 454. The van der Waals surface area contributed by atoms with Crippen molar-refractivity contribution in [3.63, 3.8) is 0 Å². The minimum atomic E-state index is 0.280. The van der Waals surface area contributed by atoms with Gasteiger partial charge >= 0.3 is 0 Å². The first-order valence-corrected chi connectivity index (χ1v) is 8.25. The van der Waals surface area contributed by atoms with Crippen molar-refractivity contribution in [2.75, 3.05) is 6.54 Å². The molecule has 0 aromatic carbocycles. The fraction of sp³-hybridized carbons (Fsp3) is 0.647. The normalized spacial score (nSPS) is 24.3. The first kappa shape index (κ1) is 14.5. The van der Waals surface area contributed by atoms with Crippen molar-refractivity contribution in [2.24, 2.45) is 0 Å². The van der Waals surface area contributed by atoms with Crippen molar-refractivity contribution in [1.29, 1.82) is 0 Å². The van der Waals surface area contributed by atoms with Gasteiger partial charge in [0.1, 0.15) is 0 Å². The number of aromatic nitrogens is 1. The van der Waals surface area contributed by atoms with Crippen LogP contribution in [0.5, 0.6) is 0 Å². The summed E-state index contributed by atoms with van der Waals surface area (Å²) in [5.74, 6) is 0.334. The third-order valence-electron chi connectivity index (χ3n) is 4.72. The molecule has 1 N–H and O–H groups in total. The fourth-order valence-electron chi connectivity index (χ4n) is 3.54. The highest BCUT2D eigenvalue weighted by Crippen LogP contribution is 2.25. The van der Waals surface area contributed by atoms with Crippen molar-refractivity contribution in [3.8, 4) is 0 Å². The Morgan fingerprint density at radius 3 is 2.71 bits per heavy atom. The quantitative estimate of drug-likeness (QED) is 0.865. The number of nitrogens with zero attached hydrogens (tertiary/aromatic N) is 2. The summed E-state index contributed by atoms with van der Waals surface area (Å²) in [4.78, 5) is 18.7. The largest absolute Gasteiger partial charge is 0.338 e. The first-order chi connectivity index (χ1) is 10.3. The molecule has 0 radical (unpaired) electrons. The van der Waals surface area contributed by atoms with Crippen LogP contribution in [-0.4, -0.2) is 34.4 Å². The molecule has 21 heavy (non-hydrogen) atoms. The van der Waals surface area contributed by atoms with Crippen LogP contribution < -0.4 is 5.32 Å². The SMILES string of the molecule is O=C1CC(NCc2ccccn2)CN1C1CCCCCC1. The van der Waals surface area contributed by atoms with Gasteiger partial charge in [-0.2, -0.15) is 0 Å². The molecule has 1 saturated carbocycles. The zero-order valence-corrected chi connectivity index (χ0v) is 12.6. The van der Waals surface area contributed by atoms with E-state index in [1.807, 2.05) is 24.4 Å². The van der Waals surface area contributed by atoms with Gasteiger partial charge in [0.05, 0.1) is 5.69 Å². The third kappa shape index (κ3) is 3.82. The molecule has 1 unspecified atom stereocenters. The van der Waals surface area contributed by atoms with Crippen molar-refractivity contribution in [2.45, 2.75) is 63.6 Å². The topological polar surface area (TPSA) is 45.2 Å². The number of amides is 1. The second-order valence-corrected chi connectivity index (χ2v) is 6.29. The van der Waals surface area contributed by atoms with Crippen LogP contribution in [0.2, 0.25) is 0 Å². The molecule has 3 rings (SSSR count). The second-order valence-electron chi connectivity index (χ2n) is 6.29. The van der Waals surface area contributed by atoms with Crippen molar-refractivity contribution < 1.29 is 4.79 Å². The lowest BCUT2D eigenvalue weighted by molar-refractivity contribution is -0.129. The van der Waals surface area contributed by atoms with Gasteiger partial charge in [0.15, 0.2) is 0 Å². The molecule has 2 fully saturated rings. The molecule has 2 heterocycles. The van der Waals surface area contributed by atoms with Gasteiger partial charge < -0.3 is 10.2 Å². The number of carbonyl (C=O) groups excluding carboxylic acids is 1. The zero-order chi connectivity index (χ0) is 14.5. The van der Waals surface area contributed by atoms with Gasteiger partial charge in [-0.3, -0.25) is 9.78 Å². The van der Waals surface area contributed by atoms with Gasteiger partial charge in [-0.1, -0.05) is 31.7 Å². The number of likely N-dealkylation sites (tertiary alicyclic amines) is 1. The Morgan fingerprint density at radius 2 is 2.00 bits per heavy atom. The number of pyridine rings is 1. The molecule has 1 aliphatic heterocycles. The van der Waals surface area contributed by atoms with Crippen LogP contribution in [0.4, 0.5) is 0 Å². The predicted molar refractivity (Wildman–Crippen MR) is 82.7 cm³/mol. The van der Waals surface area contributed by atoms with Gasteiger partial charge in [-0.05, 0) is 25.0 Å². The lowest BCUT2D eigenvalue weighted by Gasteiger charge is -2.27. The highest BCUT2D eigenvalue weighted by atomic mass is 16.2. The van der Waals surface area contributed by atoms with Gasteiger partial charge in [0.2, 0.25) is 5.91 Å². The second kappa shape index (κ2) is 7.03. The molecule has 114 valence electrons. The van der Waals surface area contributed by atoms with E-state index < -0.39 is 0 Å². The maximum Gasteiger partial charge on any atom is 0.224 e. The molecule has 4 heteroatoms. The maximum absolute atomic E-state index is 12.3. The summed E-state index contributed by atoms with van der Waals surface area (Å²) in [5, 5.41) is 3.49. The van der Waals surface area contributed by atoms with Gasteiger partial charge in [0, 0.05) is 37.8 Å².